The van der Waals surface area contributed by atoms with Crippen LogP contribution >= 0.6 is 11.6 Å². The molecule has 0 aromatic heterocycles. The molecule has 1 rings (SSSR count). The summed E-state index contributed by atoms with van der Waals surface area (Å²) in [5.74, 6) is -1.74. The van der Waals surface area contributed by atoms with Crippen molar-refractivity contribution < 1.29 is 23.1 Å². The van der Waals surface area contributed by atoms with Gasteiger partial charge >= 0.3 is 6.18 Å². The highest BCUT2D eigenvalue weighted by molar-refractivity contribution is 6.33. The van der Waals surface area contributed by atoms with Crippen molar-refractivity contribution in [3.8, 4) is 0 Å². The van der Waals surface area contributed by atoms with E-state index in [2.05, 4.69) is 0 Å². The monoisotopic (exact) mass is 223 g/mol. The van der Waals surface area contributed by atoms with Crippen LogP contribution in [0.2, 0.25) is 5.02 Å². The molecule has 76 valence electrons. The van der Waals surface area contributed by atoms with Gasteiger partial charge in [0.25, 0.3) is 0 Å². The van der Waals surface area contributed by atoms with Crippen LogP contribution in [-0.4, -0.2) is 5.97 Å². The summed E-state index contributed by atoms with van der Waals surface area (Å²) in [6.45, 7) is 0. The molecule has 0 aliphatic rings. The molecule has 0 fully saturated rings. The van der Waals surface area contributed by atoms with E-state index in [9.17, 15) is 23.1 Å². The van der Waals surface area contributed by atoms with Crippen molar-refractivity contribution in [1.82, 2.24) is 0 Å². The number of benzene rings is 1. The van der Waals surface area contributed by atoms with E-state index in [4.69, 9.17) is 11.6 Å². The summed E-state index contributed by atoms with van der Waals surface area (Å²) in [6, 6.07) is 2.02. The Balaban J connectivity index is 3.27. The number of hydrogen-bond donors (Lipinski definition) is 0. The van der Waals surface area contributed by atoms with E-state index in [-0.39, 0.29) is 5.02 Å². The van der Waals surface area contributed by atoms with E-state index in [1.54, 1.807) is 0 Å². The van der Waals surface area contributed by atoms with Gasteiger partial charge in [0.1, 0.15) is 0 Å². The fraction of sp³-hybridized carbons (Fsp3) is 0.125. The maximum Gasteiger partial charge on any atom is 0.416 e. The molecule has 0 aliphatic heterocycles. The lowest BCUT2D eigenvalue weighted by molar-refractivity contribution is -0.255. The molecule has 0 heterocycles. The predicted octanol–water partition coefficient (Wildman–Crippen LogP) is 1.72. The molecular weight excluding hydrogens is 221 g/mol. The summed E-state index contributed by atoms with van der Waals surface area (Å²) in [4.78, 5) is 10.3. The molecule has 0 spiro atoms. The lowest BCUT2D eigenvalue weighted by Crippen LogP contribution is -2.23. The molecule has 2 nitrogen and oxygen atoms in total. The maximum atomic E-state index is 12.1. The van der Waals surface area contributed by atoms with Crippen molar-refractivity contribution in [1.29, 1.82) is 0 Å². The molecule has 0 saturated carbocycles. The first kappa shape index (κ1) is 10.8. The van der Waals surface area contributed by atoms with E-state index >= 15 is 0 Å². The predicted molar refractivity (Wildman–Crippen MR) is 40.8 cm³/mol. The maximum absolute atomic E-state index is 12.1. The first-order chi connectivity index (χ1) is 6.32. The summed E-state index contributed by atoms with van der Waals surface area (Å²) in [7, 11) is 0. The standard InChI is InChI=1S/C8H4ClF3O2/c9-6-2-1-4(8(10,11)12)3-5(6)7(13)14/h1-3H,(H,13,14)/p-1. The van der Waals surface area contributed by atoms with Crippen LogP contribution in [-0.2, 0) is 6.18 Å². The van der Waals surface area contributed by atoms with Crippen LogP contribution in [0.4, 0.5) is 13.2 Å². The minimum absolute atomic E-state index is 0.280. The van der Waals surface area contributed by atoms with E-state index < -0.39 is 23.3 Å². The van der Waals surface area contributed by atoms with Crippen molar-refractivity contribution >= 4 is 17.6 Å². The fourth-order valence-corrected chi connectivity index (χ4v) is 1.05. The summed E-state index contributed by atoms with van der Waals surface area (Å²) in [5, 5.41) is 10.1. The van der Waals surface area contributed by atoms with Gasteiger partial charge in [-0.25, -0.2) is 0 Å². The molecule has 6 heteroatoms. The first-order valence-electron chi connectivity index (χ1n) is 3.40. The van der Waals surface area contributed by atoms with Crippen LogP contribution in [0.1, 0.15) is 15.9 Å². The number of carboxylic acid groups (broad SMARTS) is 1. The van der Waals surface area contributed by atoms with Gasteiger partial charge in [0.2, 0.25) is 0 Å². The van der Waals surface area contributed by atoms with Crippen LogP contribution in [0.25, 0.3) is 0 Å². The Morgan fingerprint density at radius 1 is 1.36 bits per heavy atom. The molecule has 0 atom stereocenters. The van der Waals surface area contributed by atoms with Crippen LogP contribution in [0.15, 0.2) is 18.2 Å². The Morgan fingerprint density at radius 2 is 1.93 bits per heavy atom. The fourth-order valence-electron chi connectivity index (χ4n) is 0.858. The largest absolute Gasteiger partial charge is 0.545 e. The smallest absolute Gasteiger partial charge is 0.416 e. The highest BCUT2D eigenvalue weighted by Gasteiger charge is 2.30. The Hall–Kier alpha value is -1.23. The van der Waals surface area contributed by atoms with E-state index in [1.165, 1.54) is 0 Å². The number of carbonyl (C=O) groups excluding carboxylic acids is 1. The van der Waals surface area contributed by atoms with Gasteiger partial charge in [0.15, 0.2) is 0 Å². The minimum atomic E-state index is -4.59. The van der Waals surface area contributed by atoms with Crippen molar-refractivity contribution in [2.45, 2.75) is 6.18 Å². The van der Waals surface area contributed by atoms with Gasteiger partial charge in [-0.05, 0) is 18.2 Å². The summed E-state index contributed by atoms with van der Waals surface area (Å²) in [6.07, 6.45) is -4.59. The van der Waals surface area contributed by atoms with Gasteiger partial charge < -0.3 is 9.90 Å². The Kier molecular flexibility index (Phi) is 2.71. The average molecular weight is 224 g/mol. The molecule has 0 radical (unpaired) electrons. The normalized spacial score (nSPS) is 11.4. The zero-order chi connectivity index (χ0) is 10.9. The Bertz CT molecular complexity index is 373. The second-order valence-electron chi connectivity index (χ2n) is 2.48. The summed E-state index contributed by atoms with van der Waals surface area (Å²) < 4.78 is 36.3. The van der Waals surface area contributed by atoms with Gasteiger partial charge in [0, 0.05) is 10.6 Å². The Morgan fingerprint density at radius 3 is 2.36 bits per heavy atom. The van der Waals surface area contributed by atoms with E-state index in [0.29, 0.717) is 12.1 Å². The molecule has 0 N–H and O–H groups in total. The molecule has 1 aromatic carbocycles. The Labute approximate surface area is 81.9 Å². The first-order valence-corrected chi connectivity index (χ1v) is 3.78. The zero-order valence-electron chi connectivity index (χ0n) is 6.56. The number of carboxylic acids is 1. The van der Waals surface area contributed by atoms with Crippen molar-refractivity contribution in [2.75, 3.05) is 0 Å². The van der Waals surface area contributed by atoms with Gasteiger partial charge in [-0.15, -0.1) is 0 Å². The summed E-state index contributed by atoms with van der Waals surface area (Å²) >= 11 is 5.35. The number of aromatic carboxylic acids is 1. The highest BCUT2D eigenvalue weighted by atomic mass is 35.5. The lowest BCUT2D eigenvalue weighted by atomic mass is 10.1. The molecule has 14 heavy (non-hydrogen) atoms. The van der Waals surface area contributed by atoms with E-state index in [0.717, 1.165) is 6.07 Å². The van der Waals surface area contributed by atoms with Gasteiger partial charge in [-0.1, -0.05) is 11.6 Å². The third-order valence-electron chi connectivity index (χ3n) is 1.51. The molecule has 0 aliphatic carbocycles. The summed E-state index contributed by atoms with van der Waals surface area (Å²) in [5.41, 5.74) is -1.73. The second kappa shape index (κ2) is 3.49. The van der Waals surface area contributed by atoms with Gasteiger partial charge in [-0.2, -0.15) is 13.2 Å². The molecule has 0 saturated heterocycles. The van der Waals surface area contributed by atoms with Crippen molar-refractivity contribution in [3.63, 3.8) is 0 Å². The van der Waals surface area contributed by atoms with Gasteiger partial charge in [-0.3, -0.25) is 0 Å². The molecule has 0 bridgehead atoms. The number of alkyl halides is 3. The lowest BCUT2D eigenvalue weighted by Gasteiger charge is -2.10. The average Bonchev–Trinajstić information content (AvgIpc) is 2.02. The van der Waals surface area contributed by atoms with Crippen molar-refractivity contribution in [3.05, 3.63) is 34.3 Å². The third kappa shape index (κ3) is 2.17. The molecule has 1 aromatic rings. The van der Waals surface area contributed by atoms with Crippen LogP contribution in [0.3, 0.4) is 0 Å². The molecule has 0 unspecified atom stereocenters. The number of rotatable bonds is 1. The van der Waals surface area contributed by atoms with Crippen LogP contribution in [0, 0.1) is 0 Å². The topological polar surface area (TPSA) is 40.1 Å². The van der Waals surface area contributed by atoms with Crippen LogP contribution in [0.5, 0.6) is 0 Å². The van der Waals surface area contributed by atoms with E-state index in [1.807, 2.05) is 0 Å². The van der Waals surface area contributed by atoms with Gasteiger partial charge in [0.05, 0.1) is 11.5 Å². The number of halogens is 4. The quantitative estimate of drug-likeness (QED) is 0.727. The SMILES string of the molecule is O=C([O-])c1cc(C(F)(F)F)ccc1Cl. The second-order valence-corrected chi connectivity index (χ2v) is 2.89. The molecular formula is C8H3ClF3O2-. The van der Waals surface area contributed by atoms with Crippen LogP contribution < -0.4 is 5.11 Å². The number of carbonyl (C=O) groups is 1. The zero-order valence-corrected chi connectivity index (χ0v) is 7.32. The highest BCUT2D eigenvalue weighted by Crippen LogP contribution is 2.31. The minimum Gasteiger partial charge on any atom is -0.545 e. The third-order valence-corrected chi connectivity index (χ3v) is 1.84. The number of hydrogen-bond acceptors (Lipinski definition) is 2. The van der Waals surface area contributed by atoms with Crippen molar-refractivity contribution in [2.24, 2.45) is 0 Å². The molecule has 0 amide bonds.